The van der Waals surface area contributed by atoms with Gasteiger partial charge in [-0.2, -0.15) is 0 Å². The summed E-state index contributed by atoms with van der Waals surface area (Å²) in [5, 5.41) is 0.478. The lowest BCUT2D eigenvalue weighted by atomic mass is 10.1. The Kier molecular flexibility index (Phi) is 5.06. The SMILES string of the molecule is COc1ccc(-c2nc(CC(C)C)c(Br)c(=O)[nH]2)cc1Cl. The van der Waals surface area contributed by atoms with Crippen LogP contribution in [0.3, 0.4) is 0 Å². The molecule has 112 valence electrons. The number of halogens is 2. The fraction of sp³-hybridized carbons (Fsp3) is 0.333. The molecule has 21 heavy (non-hydrogen) atoms. The van der Waals surface area contributed by atoms with E-state index in [4.69, 9.17) is 16.3 Å². The van der Waals surface area contributed by atoms with Crippen molar-refractivity contribution in [1.29, 1.82) is 0 Å². The third-order valence-electron chi connectivity index (χ3n) is 2.96. The molecule has 0 unspecified atom stereocenters. The van der Waals surface area contributed by atoms with E-state index in [2.05, 4.69) is 39.7 Å². The minimum Gasteiger partial charge on any atom is -0.495 e. The van der Waals surface area contributed by atoms with Gasteiger partial charge in [0.2, 0.25) is 0 Å². The smallest absolute Gasteiger partial charge is 0.265 e. The zero-order valence-electron chi connectivity index (χ0n) is 12.0. The maximum absolute atomic E-state index is 12.0. The van der Waals surface area contributed by atoms with Gasteiger partial charge in [0.15, 0.2) is 0 Å². The second kappa shape index (κ2) is 6.62. The number of methoxy groups -OCH3 is 1. The molecule has 0 aliphatic carbocycles. The van der Waals surface area contributed by atoms with E-state index in [1.807, 2.05) is 6.07 Å². The van der Waals surface area contributed by atoms with Gasteiger partial charge < -0.3 is 9.72 Å². The Morgan fingerprint density at radius 2 is 2.14 bits per heavy atom. The van der Waals surface area contributed by atoms with Gasteiger partial charge in [-0.3, -0.25) is 4.79 Å². The molecule has 0 amide bonds. The average molecular weight is 372 g/mol. The maximum atomic E-state index is 12.0. The van der Waals surface area contributed by atoms with E-state index in [-0.39, 0.29) is 5.56 Å². The lowest BCUT2D eigenvalue weighted by Crippen LogP contribution is -2.15. The number of nitrogens with one attached hydrogen (secondary N) is 1. The molecule has 0 atom stereocenters. The molecule has 0 aliphatic heterocycles. The van der Waals surface area contributed by atoms with Gasteiger partial charge in [0, 0.05) is 5.56 Å². The van der Waals surface area contributed by atoms with Crippen LogP contribution < -0.4 is 10.3 Å². The van der Waals surface area contributed by atoms with Crippen LogP contribution in [0.15, 0.2) is 27.5 Å². The van der Waals surface area contributed by atoms with Crippen LogP contribution >= 0.6 is 27.5 Å². The van der Waals surface area contributed by atoms with Gasteiger partial charge >= 0.3 is 0 Å². The molecule has 0 bridgehead atoms. The summed E-state index contributed by atoms with van der Waals surface area (Å²) >= 11 is 9.42. The Bertz CT molecular complexity index is 713. The third kappa shape index (κ3) is 3.66. The maximum Gasteiger partial charge on any atom is 0.265 e. The number of H-pyrrole nitrogens is 1. The number of nitrogens with zero attached hydrogens (tertiary/aromatic N) is 1. The Balaban J connectivity index is 2.51. The van der Waals surface area contributed by atoms with E-state index < -0.39 is 0 Å². The summed E-state index contributed by atoms with van der Waals surface area (Å²) in [6.07, 6.45) is 0.724. The molecule has 0 fully saturated rings. The molecular weight excluding hydrogens is 356 g/mol. The van der Waals surface area contributed by atoms with Crippen molar-refractivity contribution in [2.45, 2.75) is 20.3 Å². The Morgan fingerprint density at radius 3 is 2.71 bits per heavy atom. The summed E-state index contributed by atoms with van der Waals surface area (Å²) in [6, 6.07) is 5.30. The van der Waals surface area contributed by atoms with Crippen LogP contribution in [0, 0.1) is 5.92 Å². The second-order valence-corrected chi connectivity index (χ2v) is 6.32. The molecule has 0 aliphatic rings. The standard InChI is InChI=1S/C15H16BrClN2O2/c1-8(2)6-11-13(16)15(20)19-14(18-11)9-4-5-12(21-3)10(17)7-9/h4-5,7-8H,6H2,1-3H3,(H,18,19,20). The van der Waals surface area contributed by atoms with Crippen LogP contribution in [0.1, 0.15) is 19.5 Å². The summed E-state index contributed by atoms with van der Waals surface area (Å²) < 4.78 is 5.61. The Morgan fingerprint density at radius 1 is 1.43 bits per heavy atom. The molecule has 2 rings (SSSR count). The average Bonchev–Trinajstić information content (AvgIpc) is 2.43. The van der Waals surface area contributed by atoms with Gasteiger partial charge in [-0.15, -0.1) is 0 Å². The van der Waals surface area contributed by atoms with Crippen molar-refractivity contribution in [3.63, 3.8) is 0 Å². The van der Waals surface area contributed by atoms with Gasteiger partial charge in [0.25, 0.3) is 5.56 Å². The highest BCUT2D eigenvalue weighted by Gasteiger charge is 2.13. The molecule has 1 aromatic carbocycles. The van der Waals surface area contributed by atoms with Crippen LogP contribution in [0.2, 0.25) is 5.02 Å². The van der Waals surface area contributed by atoms with E-state index in [1.165, 1.54) is 0 Å². The lowest BCUT2D eigenvalue weighted by molar-refractivity contribution is 0.415. The zero-order chi connectivity index (χ0) is 15.6. The van der Waals surface area contributed by atoms with Crippen LogP contribution in [0.5, 0.6) is 5.75 Å². The van der Waals surface area contributed by atoms with Crippen LogP contribution in [0.25, 0.3) is 11.4 Å². The summed E-state index contributed by atoms with van der Waals surface area (Å²) in [6.45, 7) is 4.17. The first-order valence-corrected chi connectivity index (χ1v) is 7.72. The van der Waals surface area contributed by atoms with Crippen molar-refractivity contribution in [3.05, 3.63) is 43.7 Å². The largest absolute Gasteiger partial charge is 0.495 e. The number of aromatic nitrogens is 2. The summed E-state index contributed by atoms with van der Waals surface area (Å²) in [5.41, 5.74) is 1.30. The molecule has 1 N–H and O–H groups in total. The highest BCUT2D eigenvalue weighted by Crippen LogP contribution is 2.29. The van der Waals surface area contributed by atoms with Crippen molar-refractivity contribution in [1.82, 2.24) is 9.97 Å². The molecule has 2 aromatic rings. The molecular formula is C15H16BrClN2O2. The number of benzene rings is 1. The molecule has 4 nitrogen and oxygen atoms in total. The minimum atomic E-state index is -0.192. The van der Waals surface area contributed by atoms with E-state index >= 15 is 0 Å². The number of aromatic amines is 1. The fourth-order valence-electron chi connectivity index (χ4n) is 1.98. The van der Waals surface area contributed by atoms with E-state index in [0.29, 0.717) is 27.0 Å². The molecule has 0 saturated heterocycles. The lowest BCUT2D eigenvalue weighted by Gasteiger charge is -2.10. The summed E-state index contributed by atoms with van der Waals surface area (Å²) in [4.78, 5) is 19.3. The fourth-order valence-corrected chi connectivity index (χ4v) is 2.59. The molecule has 6 heteroatoms. The Labute approximate surface area is 136 Å². The van der Waals surface area contributed by atoms with E-state index in [0.717, 1.165) is 17.7 Å². The number of hydrogen-bond acceptors (Lipinski definition) is 3. The first-order chi connectivity index (χ1) is 9.92. The number of ether oxygens (including phenoxy) is 1. The van der Waals surface area contributed by atoms with Gasteiger partial charge in [0.05, 0.1) is 17.8 Å². The molecule has 1 heterocycles. The molecule has 0 saturated carbocycles. The van der Waals surface area contributed by atoms with Crippen molar-refractivity contribution in [3.8, 4) is 17.1 Å². The van der Waals surface area contributed by atoms with E-state index in [9.17, 15) is 4.79 Å². The predicted molar refractivity (Wildman–Crippen MR) is 88.1 cm³/mol. The normalized spacial score (nSPS) is 11.0. The Hall–Kier alpha value is -1.33. The van der Waals surface area contributed by atoms with Crippen molar-refractivity contribution >= 4 is 27.5 Å². The highest BCUT2D eigenvalue weighted by molar-refractivity contribution is 9.10. The first-order valence-electron chi connectivity index (χ1n) is 6.55. The number of hydrogen-bond donors (Lipinski definition) is 1. The quantitative estimate of drug-likeness (QED) is 0.882. The zero-order valence-corrected chi connectivity index (χ0v) is 14.4. The van der Waals surface area contributed by atoms with Crippen molar-refractivity contribution < 1.29 is 4.74 Å². The van der Waals surface area contributed by atoms with Crippen LogP contribution in [-0.2, 0) is 6.42 Å². The summed E-state index contributed by atoms with van der Waals surface area (Å²) in [5.74, 6) is 1.49. The van der Waals surface area contributed by atoms with Crippen LogP contribution in [-0.4, -0.2) is 17.1 Å². The molecule has 1 aromatic heterocycles. The van der Waals surface area contributed by atoms with Crippen molar-refractivity contribution in [2.75, 3.05) is 7.11 Å². The van der Waals surface area contributed by atoms with E-state index in [1.54, 1.807) is 19.2 Å². The predicted octanol–water partition coefficient (Wildman–Crippen LogP) is 4.06. The monoisotopic (exact) mass is 370 g/mol. The van der Waals surface area contributed by atoms with Gasteiger partial charge in [-0.1, -0.05) is 25.4 Å². The van der Waals surface area contributed by atoms with Gasteiger partial charge in [0.1, 0.15) is 16.0 Å². The van der Waals surface area contributed by atoms with Crippen molar-refractivity contribution in [2.24, 2.45) is 5.92 Å². The molecule has 0 spiro atoms. The topological polar surface area (TPSA) is 55.0 Å². The minimum absolute atomic E-state index is 0.192. The van der Waals surface area contributed by atoms with Crippen LogP contribution in [0.4, 0.5) is 0 Å². The second-order valence-electron chi connectivity index (χ2n) is 5.12. The third-order valence-corrected chi connectivity index (χ3v) is 4.07. The summed E-state index contributed by atoms with van der Waals surface area (Å²) in [7, 11) is 1.56. The first kappa shape index (κ1) is 16.0. The van der Waals surface area contributed by atoms with Gasteiger partial charge in [-0.05, 0) is 46.5 Å². The molecule has 0 radical (unpaired) electrons. The van der Waals surface area contributed by atoms with Gasteiger partial charge in [-0.25, -0.2) is 4.98 Å². The highest BCUT2D eigenvalue weighted by atomic mass is 79.9. The number of rotatable bonds is 4.